The summed E-state index contributed by atoms with van der Waals surface area (Å²) in [5.41, 5.74) is 1.15. The van der Waals surface area contributed by atoms with Crippen molar-refractivity contribution in [2.45, 2.75) is 19.5 Å². The van der Waals surface area contributed by atoms with E-state index in [1.165, 1.54) is 12.1 Å². The summed E-state index contributed by atoms with van der Waals surface area (Å²) in [6.45, 7) is 1.82. The molecule has 0 aromatic heterocycles. The standard InChI is InChI=1S/C9H7Br2F3/c1-5-7(10)2-6(3-8(5)11)4-9(12,13)14/h2-3H,4H2,1H3. The molecule has 14 heavy (non-hydrogen) atoms. The molecule has 0 aliphatic rings. The minimum atomic E-state index is -4.16. The van der Waals surface area contributed by atoms with E-state index < -0.39 is 12.6 Å². The third-order valence-corrected chi connectivity index (χ3v) is 3.39. The first-order valence-corrected chi connectivity index (χ1v) is 5.39. The van der Waals surface area contributed by atoms with Crippen LogP contribution in [0.15, 0.2) is 21.1 Å². The second-order valence-electron chi connectivity index (χ2n) is 2.98. The second-order valence-corrected chi connectivity index (χ2v) is 4.69. The van der Waals surface area contributed by atoms with Gasteiger partial charge in [-0.2, -0.15) is 13.2 Å². The van der Waals surface area contributed by atoms with Crippen LogP contribution in [-0.2, 0) is 6.42 Å². The number of hydrogen-bond acceptors (Lipinski definition) is 0. The zero-order valence-electron chi connectivity index (χ0n) is 7.25. The van der Waals surface area contributed by atoms with Gasteiger partial charge in [-0.25, -0.2) is 0 Å². The third-order valence-electron chi connectivity index (χ3n) is 1.75. The normalized spacial score (nSPS) is 11.9. The van der Waals surface area contributed by atoms with Crippen LogP contribution >= 0.6 is 31.9 Å². The van der Waals surface area contributed by atoms with Gasteiger partial charge in [-0.1, -0.05) is 31.9 Å². The topological polar surface area (TPSA) is 0 Å². The molecule has 0 amide bonds. The van der Waals surface area contributed by atoms with Crippen molar-refractivity contribution in [2.24, 2.45) is 0 Å². The SMILES string of the molecule is Cc1c(Br)cc(CC(F)(F)F)cc1Br. The highest BCUT2D eigenvalue weighted by molar-refractivity contribution is 9.11. The quantitative estimate of drug-likeness (QED) is 0.704. The summed E-state index contributed by atoms with van der Waals surface area (Å²) in [6, 6.07) is 2.99. The van der Waals surface area contributed by atoms with E-state index in [2.05, 4.69) is 31.9 Å². The Morgan fingerprint density at radius 2 is 1.57 bits per heavy atom. The molecule has 0 radical (unpaired) electrons. The van der Waals surface area contributed by atoms with E-state index in [0.717, 1.165) is 5.56 Å². The highest BCUT2D eigenvalue weighted by atomic mass is 79.9. The zero-order valence-corrected chi connectivity index (χ0v) is 10.4. The summed E-state index contributed by atoms with van der Waals surface area (Å²) >= 11 is 6.41. The molecule has 0 saturated carbocycles. The Hall–Kier alpha value is -0.0300. The van der Waals surface area contributed by atoms with Crippen LogP contribution in [0.1, 0.15) is 11.1 Å². The lowest BCUT2D eigenvalue weighted by Gasteiger charge is -2.09. The molecule has 0 fully saturated rings. The molecule has 0 heterocycles. The minimum absolute atomic E-state index is 0.252. The molecule has 0 bridgehead atoms. The summed E-state index contributed by atoms with van der Waals surface area (Å²) in [5.74, 6) is 0. The van der Waals surface area contributed by atoms with Crippen molar-refractivity contribution in [1.82, 2.24) is 0 Å². The van der Waals surface area contributed by atoms with Crippen LogP contribution in [0.5, 0.6) is 0 Å². The van der Waals surface area contributed by atoms with Gasteiger partial charge in [-0.15, -0.1) is 0 Å². The summed E-state index contributed by atoms with van der Waals surface area (Å²) < 4.78 is 37.6. The van der Waals surface area contributed by atoms with Crippen LogP contribution in [0.4, 0.5) is 13.2 Å². The maximum Gasteiger partial charge on any atom is 0.393 e. The molecule has 0 saturated heterocycles. The summed E-state index contributed by atoms with van der Waals surface area (Å²) in [4.78, 5) is 0. The Kier molecular flexibility index (Phi) is 3.63. The van der Waals surface area contributed by atoms with Crippen molar-refractivity contribution in [3.63, 3.8) is 0 Å². The Morgan fingerprint density at radius 1 is 1.14 bits per heavy atom. The molecular weight excluding hydrogens is 325 g/mol. The number of hydrogen-bond donors (Lipinski definition) is 0. The van der Waals surface area contributed by atoms with Gasteiger partial charge in [-0.05, 0) is 30.2 Å². The average molecular weight is 332 g/mol. The summed E-state index contributed by atoms with van der Waals surface area (Å²) in [7, 11) is 0. The molecule has 0 aliphatic heterocycles. The van der Waals surface area contributed by atoms with Gasteiger partial charge in [0.25, 0.3) is 0 Å². The van der Waals surface area contributed by atoms with Gasteiger partial charge in [0.1, 0.15) is 0 Å². The Morgan fingerprint density at radius 3 is 1.93 bits per heavy atom. The maximum atomic E-state index is 12.1. The molecule has 1 aromatic carbocycles. The van der Waals surface area contributed by atoms with E-state index in [1.54, 1.807) is 0 Å². The molecule has 1 rings (SSSR count). The monoisotopic (exact) mass is 330 g/mol. The van der Waals surface area contributed by atoms with Crippen LogP contribution in [-0.4, -0.2) is 6.18 Å². The molecule has 78 valence electrons. The molecule has 0 nitrogen and oxygen atoms in total. The van der Waals surface area contributed by atoms with Gasteiger partial charge in [0.15, 0.2) is 0 Å². The van der Waals surface area contributed by atoms with Gasteiger partial charge in [0.2, 0.25) is 0 Å². The van der Waals surface area contributed by atoms with Gasteiger partial charge in [0.05, 0.1) is 6.42 Å². The lowest BCUT2D eigenvalue weighted by atomic mass is 10.1. The molecule has 0 atom stereocenters. The smallest absolute Gasteiger partial charge is 0.171 e. The van der Waals surface area contributed by atoms with Crippen molar-refractivity contribution in [2.75, 3.05) is 0 Å². The van der Waals surface area contributed by atoms with Crippen LogP contribution in [0, 0.1) is 6.92 Å². The van der Waals surface area contributed by atoms with Crippen molar-refractivity contribution in [3.05, 3.63) is 32.2 Å². The molecule has 0 N–H and O–H groups in total. The molecule has 0 aliphatic carbocycles. The van der Waals surface area contributed by atoms with E-state index in [4.69, 9.17) is 0 Å². The molecule has 0 spiro atoms. The van der Waals surface area contributed by atoms with E-state index in [1.807, 2.05) is 6.92 Å². The minimum Gasteiger partial charge on any atom is -0.171 e. The van der Waals surface area contributed by atoms with Crippen LogP contribution in [0.3, 0.4) is 0 Å². The zero-order chi connectivity index (χ0) is 10.9. The van der Waals surface area contributed by atoms with Crippen molar-refractivity contribution in [1.29, 1.82) is 0 Å². The highest BCUT2D eigenvalue weighted by Gasteiger charge is 2.27. The molecular formula is C9H7Br2F3. The maximum absolute atomic E-state index is 12.1. The fraction of sp³-hybridized carbons (Fsp3) is 0.333. The van der Waals surface area contributed by atoms with Crippen LogP contribution < -0.4 is 0 Å². The van der Waals surface area contributed by atoms with E-state index in [0.29, 0.717) is 8.95 Å². The van der Waals surface area contributed by atoms with E-state index >= 15 is 0 Å². The summed E-state index contributed by atoms with van der Waals surface area (Å²) in [6.07, 6.45) is -5.06. The fourth-order valence-electron chi connectivity index (χ4n) is 1.03. The largest absolute Gasteiger partial charge is 0.393 e. The Balaban J connectivity index is 3.02. The van der Waals surface area contributed by atoms with Gasteiger partial charge < -0.3 is 0 Å². The number of rotatable bonds is 1. The molecule has 1 aromatic rings. The van der Waals surface area contributed by atoms with Crippen LogP contribution in [0.2, 0.25) is 0 Å². The fourth-order valence-corrected chi connectivity index (χ4v) is 2.31. The van der Waals surface area contributed by atoms with Gasteiger partial charge in [0, 0.05) is 8.95 Å². The average Bonchev–Trinajstić information content (AvgIpc) is 1.96. The molecule has 0 unspecified atom stereocenters. The highest BCUT2D eigenvalue weighted by Crippen LogP contribution is 2.29. The third kappa shape index (κ3) is 3.28. The Bertz CT molecular complexity index is 321. The van der Waals surface area contributed by atoms with Crippen LogP contribution in [0.25, 0.3) is 0 Å². The first kappa shape index (κ1) is 12.0. The lowest BCUT2D eigenvalue weighted by molar-refractivity contribution is -0.127. The van der Waals surface area contributed by atoms with E-state index in [9.17, 15) is 13.2 Å². The lowest BCUT2D eigenvalue weighted by Crippen LogP contribution is -2.11. The van der Waals surface area contributed by atoms with Gasteiger partial charge >= 0.3 is 6.18 Å². The predicted molar refractivity (Wildman–Crippen MR) is 56.3 cm³/mol. The van der Waals surface area contributed by atoms with Crippen molar-refractivity contribution >= 4 is 31.9 Å². The predicted octanol–water partition coefficient (Wildman–Crippen LogP) is 4.62. The second kappa shape index (κ2) is 4.23. The first-order valence-electron chi connectivity index (χ1n) is 3.81. The first-order chi connectivity index (χ1) is 6.29. The van der Waals surface area contributed by atoms with E-state index in [-0.39, 0.29) is 5.56 Å². The Labute approximate surface area is 96.8 Å². The van der Waals surface area contributed by atoms with Gasteiger partial charge in [-0.3, -0.25) is 0 Å². The molecule has 5 heteroatoms. The number of benzene rings is 1. The number of alkyl halides is 3. The van der Waals surface area contributed by atoms with Crippen molar-refractivity contribution in [3.8, 4) is 0 Å². The van der Waals surface area contributed by atoms with Crippen molar-refractivity contribution < 1.29 is 13.2 Å². The summed E-state index contributed by atoms with van der Waals surface area (Å²) in [5, 5.41) is 0. The number of halogens is 5.